The molecular weight excluding hydrogens is 435 g/mol. The van der Waals surface area contributed by atoms with Crippen molar-refractivity contribution in [2.45, 2.75) is 18.3 Å². The first kappa shape index (κ1) is 21.0. The summed E-state index contributed by atoms with van der Waals surface area (Å²) < 4.78 is 46.9. The molecule has 3 amide bonds. The van der Waals surface area contributed by atoms with Crippen molar-refractivity contribution in [3.05, 3.63) is 76.2 Å². The summed E-state index contributed by atoms with van der Waals surface area (Å²) in [5.41, 5.74) is -3.73. The summed E-state index contributed by atoms with van der Waals surface area (Å²) in [4.78, 5) is 39.7. The highest BCUT2D eigenvalue weighted by Gasteiger charge is 2.68. The van der Waals surface area contributed by atoms with Crippen LogP contribution in [-0.2, 0) is 16.9 Å². The molecule has 2 aromatic carbocycles. The van der Waals surface area contributed by atoms with Gasteiger partial charge in [-0.1, -0.05) is 47.6 Å². The van der Waals surface area contributed by atoms with E-state index in [1.54, 1.807) is 5.32 Å². The zero-order valence-electron chi connectivity index (χ0n) is 15.9. The van der Waals surface area contributed by atoms with Gasteiger partial charge in [-0.05, 0) is 5.56 Å². The van der Waals surface area contributed by atoms with Gasteiger partial charge in [0.15, 0.2) is 0 Å². The maximum Gasteiger partial charge on any atom is 0.425 e. The summed E-state index contributed by atoms with van der Waals surface area (Å²) >= 11 is 0. The largest absolute Gasteiger partial charge is 0.425 e. The summed E-state index contributed by atoms with van der Waals surface area (Å²) in [7, 11) is 0. The van der Waals surface area contributed by atoms with E-state index < -0.39 is 40.7 Å². The minimum atomic E-state index is -5.13. The van der Waals surface area contributed by atoms with Crippen molar-refractivity contribution in [2.75, 3.05) is 0 Å². The predicted molar refractivity (Wildman–Crippen MR) is 99.6 cm³/mol. The van der Waals surface area contributed by atoms with E-state index in [0.717, 1.165) is 12.1 Å². The smallest absolute Gasteiger partial charge is 0.337 e. The van der Waals surface area contributed by atoms with Crippen LogP contribution < -0.4 is 5.32 Å². The number of alkyl halides is 3. The number of non-ortho nitro benzene ring substituents is 1. The zero-order valence-corrected chi connectivity index (χ0v) is 15.9. The Hall–Kier alpha value is -4.29. The third kappa shape index (κ3) is 3.33. The number of nitrogens with zero attached hydrogens (tertiary/aromatic N) is 4. The maximum absolute atomic E-state index is 14.0. The number of nitro benzene ring substituents is 1. The van der Waals surface area contributed by atoms with Crippen LogP contribution in [0.2, 0.25) is 0 Å². The molecule has 10 nitrogen and oxygen atoms in total. The Kier molecular flexibility index (Phi) is 4.87. The lowest BCUT2D eigenvalue weighted by Gasteiger charge is -2.29. The first-order valence-electron chi connectivity index (χ1n) is 8.97. The normalized spacial score (nSPS) is 18.7. The molecule has 0 aliphatic carbocycles. The third-order valence-corrected chi connectivity index (χ3v) is 4.81. The van der Waals surface area contributed by atoms with Gasteiger partial charge in [-0.3, -0.25) is 19.8 Å². The lowest BCUT2D eigenvalue weighted by Crippen LogP contribution is -2.55. The second-order valence-corrected chi connectivity index (χ2v) is 6.75. The van der Waals surface area contributed by atoms with Gasteiger partial charge in [-0.2, -0.15) is 18.2 Å². The summed E-state index contributed by atoms with van der Waals surface area (Å²) in [6, 6.07) is 10.3. The van der Waals surface area contributed by atoms with E-state index in [4.69, 9.17) is 4.52 Å². The Morgan fingerprint density at radius 1 is 1.12 bits per heavy atom. The number of amides is 3. The fourth-order valence-corrected chi connectivity index (χ4v) is 3.29. The number of halogens is 3. The molecule has 1 saturated heterocycles. The van der Waals surface area contributed by atoms with E-state index >= 15 is 0 Å². The Balaban J connectivity index is 1.64. The second-order valence-electron chi connectivity index (χ2n) is 6.75. The van der Waals surface area contributed by atoms with Gasteiger partial charge in [-0.15, -0.1) is 0 Å². The summed E-state index contributed by atoms with van der Waals surface area (Å²) in [5, 5.41) is 16.3. The Morgan fingerprint density at radius 2 is 1.84 bits per heavy atom. The van der Waals surface area contributed by atoms with Gasteiger partial charge < -0.3 is 9.84 Å². The van der Waals surface area contributed by atoms with Crippen LogP contribution in [0.3, 0.4) is 0 Å². The van der Waals surface area contributed by atoms with Crippen LogP contribution in [0.25, 0.3) is 11.4 Å². The Labute approximate surface area is 176 Å². The first-order chi connectivity index (χ1) is 15.1. The number of hydrogen-bond donors (Lipinski definition) is 1. The molecule has 2 heterocycles. The van der Waals surface area contributed by atoms with Gasteiger partial charge >= 0.3 is 12.2 Å². The highest BCUT2D eigenvalue weighted by atomic mass is 19.4. The van der Waals surface area contributed by atoms with E-state index in [1.165, 1.54) is 42.5 Å². The standard InChI is InChI=1S/C19H12F3N5O5/c20-19(21,22)18(12-6-2-1-3-7-12)16(28)26(17(29)24-18)10-14-23-15(25-32-14)11-5-4-8-13(9-11)27(30)31/h1-9H,10H2,(H,24,29)/t18-/m1/s1. The van der Waals surface area contributed by atoms with Crippen LogP contribution in [-0.4, -0.2) is 38.1 Å². The van der Waals surface area contributed by atoms with Crippen LogP contribution in [0.1, 0.15) is 11.5 Å². The molecule has 0 saturated carbocycles. The van der Waals surface area contributed by atoms with E-state index in [-0.39, 0.29) is 23.0 Å². The van der Waals surface area contributed by atoms with Crippen molar-refractivity contribution in [3.63, 3.8) is 0 Å². The van der Waals surface area contributed by atoms with Crippen molar-refractivity contribution >= 4 is 17.6 Å². The third-order valence-electron chi connectivity index (χ3n) is 4.81. The number of aromatic nitrogens is 2. The molecule has 1 aliphatic heterocycles. The molecule has 13 heteroatoms. The maximum atomic E-state index is 14.0. The second kappa shape index (κ2) is 7.44. The molecule has 164 valence electrons. The molecule has 0 unspecified atom stereocenters. The van der Waals surface area contributed by atoms with Gasteiger partial charge in [0.25, 0.3) is 11.6 Å². The SMILES string of the molecule is O=C1N[C@@](c2ccccc2)(C(F)(F)F)C(=O)N1Cc1nc(-c2cccc([N+](=O)[O-])c2)no1. The highest BCUT2D eigenvalue weighted by molar-refractivity contribution is 6.08. The van der Waals surface area contributed by atoms with Crippen molar-refractivity contribution in [1.82, 2.24) is 20.4 Å². The highest BCUT2D eigenvalue weighted by Crippen LogP contribution is 2.43. The molecular formula is C19H12F3N5O5. The molecule has 1 N–H and O–H groups in total. The van der Waals surface area contributed by atoms with Crippen LogP contribution in [0, 0.1) is 10.1 Å². The lowest BCUT2D eigenvalue weighted by atomic mass is 9.89. The van der Waals surface area contributed by atoms with Gasteiger partial charge in [0.05, 0.1) is 4.92 Å². The minimum Gasteiger partial charge on any atom is -0.337 e. The van der Waals surface area contributed by atoms with Crippen LogP contribution in [0.5, 0.6) is 0 Å². The number of nitrogens with one attached hydrogen (secondary N) is 1. The van der Waals surface area contributed by atoms with E-state index in [9.17, 15) is 32.9 Å². The molecule has 0 spiro atoms. The number of benzene rings is 2. The van der Waals surface area contributed by atoms with Gasteiger partial charge in [0.1, 0.15) is 6.54 Å². The summed E-state index contributed by atoms with van der Waals surface area (Å²) in [5.74, 6) is -1.97. The molecule has 1 atom stereocenters. The number of imide groups is 1. The van der Waals surface area contributed by atoms with Crippen LogP contribution in [0.15, 0.2) is 59.1 Å². The van der Waals surface area contributed by atoms with Crippen molar-refractivity contribution in [2.24, 2.45) is 0 Å². The van der Waals surface area contributed by atoms with Crippen LogP contribution in [0.4, 0.5) is 23.7 Å². The Morgan fingerprint density at radius 3 is 2.50 bits per heavy atom. The van der Waals surface area contributed by atoms with Gasteiger partial charge in [0.2, 0.25) is 17.3 Å². The average molecular weight is 447 g/mol. The van der Waals surface area contributed by atoms with Gasteiger partial charge in [-0.25, -0.2) is 4.79 Å². The Bertz CT molecular complexity index is 1210. The first-order valence-corrected chi connectivity index (χ1v) is 8.97. The number of carbonyl (C=O) groups excluding carboxylic acids is 2. The number of urea groups is 1. The minimum absolute atomic E-state index is 0.0964. The molecule has 0 radical (unpaired) electrons. The molecule has 1 aromatic heterocycles. The van der Waals surface area contributed by atoms with Crippen molar-refractivity contribution in [1.29, 1.82) is 0 Å². The average Bonchev–Trinajstić information content (AvgIpc) is 3.33. The van der Waals surface area contributed by atoms with E-state index in [2.05, 4.69) is 10.1 Å². The number of hydrogen-bond acceptors (Lipinski definition) is 7. The van der Waals surface area contributed by atoms with Crippen LogP contribution >= 0.6 is 0 Å². The van der Waals surface area contributed by atoms with E-state index in [0.29, 0.717) is 4.90 Å². The summed E-state index contributed by atoms with van der Waals surface area (Å²) in [6.45, 7) is -0.725. The summed E-state index contributed by atoms with van der Waals surface area (Å²) in [6.07, 6.45) is -5.13. The zero-order chi connectivity index (χ0) is 23.1. The number of nitro groups is 1. The topological polar surface area (TPSA) is 131 Å². The number of carbonyl (C=O) groups is 2. The fourth-order valence-electron chi connectivity index (χ4n) is 3.29. The lowest BCUT2D eigenvalue weighted by molar-refractivity contribution is -0.384. The van der Waals surface area contributed by atoms with Crippen molar-refractivity contribution in [3.8, 4) is 11.4 Å². The van der Waals surface area contributed by atoms with Crippen molar-refractivity contribution < 1.29 is 32.2 Å². The van der Waals surface area contributed by atoms with E-state index in [1.807, 2.05) is 0 Å². The molecule has 3 aromatic rings. The molecule has 1 fully saturated rings. The van der Waals surface area contributed by atoms with Gasteiger partial charge in [0, 0.05) is 17.7 Å². The predicted octanol–water partition coefficient (Wildman–Crippen LogP) is 3.15. The quantitative estimate of drug-likeness (QED) is 0.361. The monoisotopic (exact) mass is 447 g/mol. The molecule has 1 aliphatic rings. The fraction of sp³-hybridized carbons (Fsp3) is 0.158. The molecule has 0 bridgehead atoms. The molecule has 4 rings (SSSR count). The molecule has 32 heavy (non-hydrogen) atoms. The number of rotatable bonds is 5.